The number of carbonyl (C=O) groups excluding carboxylic acids is 2. The molecule has 39 heavy (non-hydrogen) atoms. The summed E-state index contributed by atoms with van der Waals surface area (Å²) in [7, 11) is 0. The van der Waals surface area contributed by atoms with Crippen LogP contribution in [0.5, 0.6) is 17.2 Å². The Labute approximate surface area is 234 Å². The molecule has 3 aromatic carbocycles. The van der Waals surface area contributed by atoms with Crippen LogP contribution in [0.25, 0.3) is 0 Å². The third-order valence-corrected chi connectivity index (χ3v) is 6.57. The maximum absolute atomic E-state index is 13.4. The topological polar surface area (TPSA) is 80.3 Å². The lowest BCUT2D eigenvalue weighted by molar-refractivity contribution is 0.0746. The SMILES string of the molecule is CCOc1cc(C(=O)Nc2ccccc2N2CCN(C(=O)c3ccc(Cl)cc3)CC2)cc(OCC)c1OCC. The third-order valence-electron chi connectivity index (χ3n) is 6.32. The van der Waals surface area contributed by atoms with Crippen molar-refractivity contribution < 1.29 is 23.8 Å². The molecule has 0 atom stereocenters. The zero-order chi connectivity index (χ0) is 27.8. The molecule has 1 heterocycles. The van der Waals surface area contributed by atoms with Gasteiger partial charge in [0.1, 0.15) is 0 Å². The smallest absolute Gasteiger partial charge is 0.255 e. The Morgan fingerprint density at radius 2 is 1.38 bits per heavy atom. The molecule has 0 aromatic heterocycles. The van der Waals surface area contributed by atoms with Crippen LogP contribution in [0.3, 0.4) is 0 Å². The van der Waals surface area contributed by atoms with Crippen molar-refractivity contribution in [2.75, 3.05) is 56.2 Å². The number of halogens is 1. The number of carbonyl (C=O) groups is 2. The van der Waals surface area contributed by atoms with E-state index in [2.05, 4.69) is 10.2 Å². The molecule has 9 heteroatoms. The normalized spacial score (nSPS) is 13.1. The lowest BCUT2D eigenvalue weighted by atomic mass is 10.1. The van der Waals surface area contributed by atoms with Gasteiger partial charge in [-0.2, -0.15) is 0 Å². The maximum atomic E-state index is 13.4. The van der Waals surface area contributed by atoms with E-state index in [-0.39, 0.29) is 11.8 Å². The van der Waals surface area contributed by atoms with Gasteiger partial charge in [0.2, 0.25) is 5.75 Å². The Hall–Kier alpha value is -3.91. The van der Waals surface area contributed by atoms with E-state index < -0.39 is 0 Å². The van der Waals surface area contributed by atoms with E-state index in [1.807, 2.05) is 49.9 Å². The molecule has 206 valence electrons. The van der Waals surface area contributed by atoms with E-state index in [0.717, 1.165) is 5.69 Å². The van der Waals surface area contributed by atoms with E-state index in [0.29, 0.717) is 85.1 Å². The van der Waals surface area contributed by atoms with Crippen molar-refractivity contribution >= 4 is 34.8 Å². The zero-order valence-electron chi connectivity index (χ0n) is 22.5. The van der Waals surface area contributed by atoms with Crippen molar-refractivity contribution in [3.05, 3.63) is 76.8 Å². The molecular formula is C30H34ClN3O5. The quantitative estimate of drug-likeness (QED) is 0.345. The average Bonchev–Trinajstić information content (AvgIpc) is 2.95. The first-order valence-electron chi connectivity index (χ1n) is 13.2. The second kappa shape index (κ2) is 13.2. The molecule has 1 N–H and O–H groups in total. The fraction of sp³-hybridized carbons (Fsp3) is 0.333. The fourth-order valence-electron chi connectivity index (χ4n) is 4.49. The summed E-state index contributed by atoms with van der Waals surface area (Å²) in [5.74, 6) is 1.11. The second-order valence-corrected chi connectivity index (χ2v) is 9.29. The monoisotopic (exact) mass is 551 g/mol. The number of nitrogens with zero attached hydrogens (tertiary/aromatic N) is 2. The van der Waals surface area contributed by atoms with E-state index in [1.54, 1.807) is 36.4 Å². The van der Waals surface area contributed by atoms with Crippen molar-refractivity contribution in [1.29, 1.82) is 0 Å². The van der Waals surface area contributed by atoms with Gasteiger partial charge in [-0.05, 0) is 69.3 Å². The summed E-state index contributed by atoms with van der Waals surface area (Å²) in [4.78, 5) is 30.3. The van der Waals surface area contributed by atoms with Crippen molar-refractivity contribution in [3.63, 3.8) is 0 Å². The van der Waals surface area contributed by atoms with Gasteiger partial charge in [0.25, 0.3) is 11.8 Å². The lowest BCUT2D eigenvalue weighted by Crippen LogP contribution is -2.49. The van der Waals surface area contributed by atoms with Crippen LogP contribution in [-0.2, 0) is 0 Å². The first-order chi connectivity index (χ1) is 18.9. The van der Waals surface area contributed by atoms with Gasteiger partial charge in [0.15, 0.2) is 11.5 Å². The summed E-state index contributed by atoms with van der Waals surface area (Å²) >= 11 is 5.96. The van der Waals surface area contributed by atoms with Crippen LogP contribution in [0.4, 0.5) is 11.4 Å². The largest absolute Gasteiger partial charge is 0.490 e. The molecule has 0 radical (unpaired) electrons. The van der Waals surface area contributed by atoms with Crippen LogP contribution in [0.1, 0.15) is 41.5 Å². The number of rotatable bonds is 10. The molecule has 0 saturated carbocycles. The van der Waals surface area contributed by atoms with Gasteiger partial charge >= 0.3 is 0 Å². The van der Waals surface area contributed by atoms with Crippen LogP contribution in [-0.4, -0.2) is 62.7 Å². The Balaban J connectivity index is 1.50. The van der Waals surface area contributed by atoms with Crippen LogP contribution in [0.2, 0.25) is 5.02 Å². The highest BCUT2D eigenvalue weighted by Gasteiger charge is 2.24. The average molecular weight is 552 g/mol. The van der Waals surface area contributed by atoms with Crippen molar-refractivity contribution in [2.45, 2.75) is 20.8 Å². The highest BCUT2D eigenvalue weighted by Crippen LogP contribution is 2.39. The molecular weight excluding hydrogens is 518 g/mol. The van der Waals surface area contributed by atoms with Gasteiger partial charge in [-0.25, -0.2) is 0 Å². The standard InChI is InChI=1S/C30H34ClN3O5/c1-4-37-26-19-22(20-27(38-5-2)28(26)39-6-3)29(35)32-24-9-7-8-10-25(24)33-15-17-34(18-16-33)30(36)21-11-13-23(31)14-12-21/h7-14,19-20H,4-6,15-18H2,1-3H3,(H,32,35). The molecule has 4 rings (SSSR count). The lowest BCUT2D eigenvalue weighted by Gasteiger charge is -2.37. The number of hydrogen-bond acceptors (Lipinski definition) is 6. The van der Waals surface area contributed by atoms with E-state index >= 15 is 0 Å². The summed E-state index contributed by atoms with van der Waals surface area (Å²) in [6.45, 7) is 9.34. The Morgan fingerprint density at radius 3 is 1.97 bits per heavy atom. The minimum Gasteiger partial charge on any atom is -0.490 e. The van der Waals surface area contributed by atoms with Gasteiger partial charge in [-0.15, -0.1) is 0 Å². The number of anilines is 2. The van der Waals surface area contributed by atoms with Crippen molar-refractivity contribution in [2.24, 2.45) is 0 Å². The number of benzene rings is 3. The van der Waals surface area contributed by atoms with Gasteiger partial charge in [0, 0.05) is 42.3 Å². The molecule has 0 unspecified atom stereocenters. The molecule has 3 aromatic rings. The second-order valence-electron chi connectivity index (χ2n) is 8.86. The van der Waals surface area contributed by atoms with E-state index in [4.69, 9.17) is 25.8 Å². The molecule has 0 bridgehead atoms. The number of nitrogens with one attached hydrogen (secondary N) is 1. The molecule has 1 saturated heterocycles. The minimum absolute atomic E-state index is 0.0152. The first kappa shape index (κ1) is 28.1. The minimum atomic E-state index is -0.288. The van der Waals surface area contributed by atoms with E-state index in [9.17, 15) is 9.59 Å². The summed E-state index contributed by atoms with van der Waals surface area (Å²) in [5, 5.41) is 3.65. The van der Waals surface area contributed by atoms with Gasteiger partial charge in [-0.1, -0.05) is 23.7 Å². The molecule has 2 amide bonds. The van der Waals surface area contributed by atoms with Crippen LogP contribution in [0, 0.1) is 0 Å². The highest BCUT2D eigenvalue weighted by molar-refractivity contribution is 6.30. The van der Waals surface area contributed by atoms with Gasteiger partial charge in [-0.3, -0.25) is 9.59 Å². The summed E-state index contributed by atoms with van der Waals surface area (Å²) in [6, 6.07) is 18.0. The number of ether oxygens (including phenoxy) is 3. The van der Waals surface area contributed by atoms with Crippen molar-refractivity contribution in [3.8, 4) is 17.2 Å². The summed E-state index contributed by atoms with van der Waals surface area (Å²) in [5.41, 5.74) is 2.60. The molecule has 8 nitrogen and oxygen atoms in total. The third kappa shape index (κ3) is 6.75. The number of para-hydroxylation sites is 2. The summed E-state index contributed by atoms with van der Waals surface area (Å²) in [6.07, 6.45) is 0. The van der Waals surface area contributed by atoms with Crippen LogP contribution >= 0.6 is 11.6 Å². The molecule has 0 spiro atoms. The predicted molar refractivity (Wildman–Crippen MR) is 154 cm³/mol. The molecule has 1 aliphatic heterocycles. The molecule has 0 aliphatic carbocycles. The first-order valence-corrected chi connectivity index (χ1v) is 13.6. The predicted octanol–water partition coefficient (Wildman–Crippen LogP) is 5.75. The Kier molecular flexibility index (Phi) is 9.54. The number of piperazine rings is 1. The Morgan fingerprint density at radius 1 is 0.795 bits per heavy atom. The zero-order valence-corrected chi connectivity index (χ0v) is 23.3. The maximum Gasteiger partial charge on any atom is 0.255 e. The van der Waals surface area contributed by atoms with Crippen molar-refractivity contribution in [1.82, 2.24) is 4.90 Å². The number of amides is 2. The van der Waals surface area contributed by atoms with Crippen LogP contribution in [0.15, 0.2) is 60.7 Å². The molecule has 1 fully saturated rings. The Bertz CT molecular complexity index is 1260. The van der Waals surface area contributed by atoms with Crippen LogP contribution < -0.4 is 24.4 Å². The number of hydrogen-bond donors (Lipinski definition) is 1. The van der Waals surface area contributed by atoms with E-state index in [1.165, 1.54) is 0 Å². The molecule has 1 aliphatic rings. The fourth-order valence-corrected chi connectivity index (χ4v) is 4.62. The van der Waals surface area contributed by atoms with Gasteiger partial charge in [0.05, 0.1) is 31.2 Å². The summed E-state index contributed by atoms with van der Waals surface area (Å²) < 4.78 is 17.3. The van der Waals surface area contributed by atoms with Gasteiger partial charge < -0.3 is 29.3 Å². The highest BCUT2D eigenvalue weighted by atomic mass is 35.5.